The first-order valence-electron chi connectivity index (χ1n) is 8.52. The third kappa shape index (κ3) is 4.17. The molecule has 0 bridgehead atoms. The highest BCUT2D eigenvalue weighted by molar-refractivity contribution is 9.10. The molecule has 1 N–H and O–H groups in total. The third-order valence-electron chi connectivity index (χ3n) is 4.80. The Labute approximate surface area is 157 Å². The van der Waals surface area contributed by atoms with Crippen molar-refractivity contribution in [2.75, 3.05) is 27.3 Å². The van der Waals surface area contributed by atoms with Gasteiger partial charge in [0.1, 0.15) is 11.5 Å². The highest BCUT2D eigenvalue weighted by atomic mass is 79.9. The smallest absolute Gasteiger partial charge is 0.127 e. The Hall–Kier alpha value is -1.56. The average Bonchev–Trinajstić information content (AvgIpc) is 3.08. The number of β-amino-alcohol motifs (C(OH)–C–C–N with tert-alkyl or cyclic N) is 1. The van der Waals surface area contributed by atoms with Gasteiger partial charge < -0.3 is 14.6 Å². The summed E-state index contributed by atoms with van der Waals surface area (Å²) in [7, 11) is 3.35. The Balaban J connectivity index is 1.79. The summed E-state index contributed by atoms with van der Waals surface area (Å²) in [5.74, 6) is 1.63. The fraction of sp³-hybridized carbons (Fsp3) is 0.400. The Bertz CT molecular complexity index is 722. The van der Waals surface area contributed by atoms with Gasteiger partial charge in [-0.1, -0.05) is 34.1 Å². The van der Waals surface area contributed by atoms with Gasteiger partial charge in [-0.2, -0.15) is 0 Å². The first-order chi connectivity index (χ1) is 12.1. The predicted octanol–water partition coefficient (Wildman–Crippen LogP) is 4.34. The second-order valence-corrected chi connectivity index (χ2v) is 7.25. The number of methoxy groups -OCH3 is 2. The van der Waals surface area contributed by atoms with Crippen molar-refractivity contribution in [1.29, 1.82) is 0 Å². The molecule has 134 valence electrons. The molecular weight excluding hydrogens is 382 g/mol. The Morgan fingerprint density at radius 3 is 2.76 bits per heavy atom. The molecule has 2 unspecified atom stereocenters. The van der Waals surface area contributed by atoms with E-state index in [4.69, 9.17) is 9.47 Å². The van der Waals surface area contributed by atoms with Crippen molar-refractivity contribution in [3.05, 3.63) is 58.1 Å². The first-order valence-corrected chi connectivity index (χ1v) is 9.31. The molecule has 1 heterocycles. The van der Waals surface area contributed by atoms with E-state index >= 15 is 0 Å². The molecule has 5 heteroatoms. The van der Waals surface area contributed by atoms with Crippen molar-refractivity contribution in [2.24, 2.45) is 0 Å². The van der Waals surface area contributed by atoms with Gasteiger partial charge in [-0.15, -0.1) is 0 Å². The molecule has 0 amide bonds. The van der Waals surface area contributed by atoms with E-state index < -0.39 is 6.10 Å². The second-order valence-electron chi connectivity index (χ2n) is 6.33. The topological polar surface area (TPSA) is 41.9 Å². The number of aliphatic hydroxyl groups is 1. The standard InChI is InChI=1S/C20H24BrNO3/c1-24-16-8-9-17(20(12-16)25-2)18-7-4-10-22(18)13-19(23)14-5-3-6-15(21)11-14/h3,5-6,8-9,11-12,18-19,23H,4,7,10,13H2,1-2H3. The van der Waals surface area contributed by atoms with Crippen LogP contribution < -0.4 is 9.47 Å². The van der Waals surface area contributed by atoms with E-state index in [1.165, 1.54) is 0 Å². The molecule has 0 saturated carbocycles. The monoisotopic (exact) mass is 405 g/mol. The van der Waals surface area contributed by atoms with Gasteiger partial charge in [0, 0.05) is 28.7 Å². The van der Waals surface area contributed by atoms with Gasteiger partial charge in [-0.25, -0.2) is 0 Å². The van der Waals surface area contributed by atoms with E-state index in [2.05, 4.69) is 26.9 Å². The first kappa shape index (κ1) is 18.2. The van der Waals surface area contributed by atoms with Gasteiger partial charge in [0.2, 0.25) is 0 Å². The maximum absolute atomic E-state index is 10.7. The van der Waals surface area contributed by atoms with Crippen LogP contribution in [0, 0.1) is 0 Å². The highest BCUT2D eigenvalue weighted by Gasteiger charge is 2.30. The molecule has 0 radical (unpaired) electrons. The quantitative estimate of drug-likeness (QED) is 0.775. The van der Waals surface area contributed by atoms with Gasteiger partial charge in [0.15, 0.2) is 0 Å². The summed E-state index contributed by atoms with van der Waals surface area (Å²) in [6.07, 6.45) is 1.67. The molecule has 25 heavy (non-hydrogen) atoms. The van der Waals surface area contributed by atoms with Crippen LogP contribution in [0.2, 0.25) is 0 Å². The van der Waals surface area contributed by atoms with Crippen LogP contribution in [-0.4, -0.2) is 37.3 Å². The zero-order chi connectivity index (χ0) is 17.8. The van der Waals surface area contributed by atoms with Crippen LogP contribution in [0.1, 0.15) is 36.1 Å². The Morgan fingerprint density at radius 2 is 2.04 bits per heavy atom. The minimum absolute atomic E-state index is 0.252. The number of halogens is 1. The maximum Gasteiger partial charge on any atom is 0.127 e. The summed E-state index contributed by atoms with van der Waals surface area (Å²) >= 11 is 3.47. The van der Waals surface area contributed by atoms with Crippen LogP contribution in [0.3, 0.4) is 0 Å². The van der Waals surface area contributed by atoms with E-state index in [0.29, 0.717) is 6.54 Å². The zero-order valence-electron chi connectivity index (χ0n) is 14.6. The van der Waals surface area contributed by atoms with Gasteiger partial charge in [-0.05, 0) is 43.1 Å². The number of likely N-dealkylation sites (tertiary alicyclic amines) is 1. The molecule has 1 fully saturated rings. The highest BCUT2D eigenvalue weighted by Crippen LogP contribution is 2.39. The molecule has 1 aliphatic rings. The molecule has 2 aromatic carbocycles. The van der Waals surface area contributed by atoms with Crippen LogP contribution in [0.15, 0.2) is 46.9 Å². The van der Waals surface area contributed by atoms with E-state index in [1.54, 1.807) is 14.2 Å². The Kier molecular flexibility index (Phi) is 5.99. The van der Waals surface area contributed by atoms with E-state index in [1.807, 2.05) is 36.4 Å². The number of rotatable bonds is 6. The number of aliphatic hydroxyl groups excluding tert-OH is 1. The maximum atomic E-state index is 10.7. The molecule has 3 rings (SSSR count). The van der Waals surface area contributed by atoms with Crippen molar-refractivity contribution in [3.63, 3.8) is 0 Å². The molecule has 1 aliphatic heterocycles. The van der Waals surface area contributed by atoms with Gasteiger partial charge in [-0.3, -0.25) is 4.90 Å². The van der Waals surface area contributed by atoms with Gasteiger partial charge >= 0.3 is 0 Å². The van der Waals surface area contributed by atoms with Crippen LogP contribution in [-0.2, 0) is 0 Å². The molecule has 0 aliphatic carbocycles. The molecule has 2 aromatic rings. The average molecular weight is 406 g/mol. The number of hydrogen-bond acceptors (Lipinski definition) is 4. The fourth-order valence-electron chi connectivity index (χ4n) is 3.53. The lowest BCUT2D eigenvalue weighted by Crippen LogP contribution is -2.28. The summed E-state index contributed by atoms with van der Waals surface area (Å²) in [5.41, 5.74) is 2.09. The van der Waals surface area contributed by atoms with Crippen LogP contribution in [0.4, 0.5) is 0 Å². The van der Waals surface area contributed by atoms with Crippen molar-refractivity contribution in [3.8, 4) is 11.5 Å². The van der Waals surface area contributed by atoms with Gasteiger partial charge in [0.05, 0.1) is 20.3 Å². The second kappa shape index (κ2) is 8.21. The van der Waals surface area contributed by atoms with Crippen LogP contribution in [0.5, 0.6) is 11.5 Å². The van der Waals surface area contributed by atoms with Gasteiger partial charge in [0.25, 0.3) is 0 Å². The zero-order valence-corrected chi connectivity index (χ0v) is 16.2. The normalized spacial score (nSPS) is 19.0. The lowest BCUT2D eigenvalue weighted by atomic mass is 10.0. The summed E-state index contributed by atoms with van der Waals surface area (Å²) in [6, 6.07) is 14.1. The van der Waals surface area contributed by atoms with Crippen LogP contribution in [0.25, 0.3) is 0 Å². The number of nitrogens with zero attached hydrogens (tertiary/aromatic N) is 1. The number of hydrogen-bond donors (Lipinski definition) is 1. The summed E-state index contributed by atoms with van der Waals surface area (Å²) in [4.78, 5) is 2.34. The largest absolute Gasteiger partial charge is 0.497 e. The lowest BCUT2D eigenvalue weighted by molar-refractivity contribution is 0.105. The summed E-state index contributed by atoms with van der Waals surface area (Å²) in [6.45, 7) is 1.58. The van der Waals surface area contributed by atoms with E-state index in [-0.39, 0.29) is 6.04 Å². The molecule has 4 nitrogen and oxygen atoms in total. The van der Waals surface area contributed by atoms with Crippen molar-refractivity contribution in [1.82, 2.24) is 4.90 Å². The summed E-state index contributed by atoms with van der Waals surface area (Å²) in [5, 5.41) is 10.7. The predicted molar refractivity (Wildman–Crippen MR) is 102 cm³/mol. The molecule has 0 aromatic heterocycles. The fourth-order valence-corrected chi connectivity index (χ4v) is 3.95. The van der Waals surface area contributed by atoms with Crippen molar-refractivity contribution in [2.45, 2.75) is 25.0 Å². The minimum Gasteiger partial charge on any atom is -0.497 e. The Morgan fingerprint density at radius 1 is 1.20 bits per heavy atom. The molecular formula is C20H24BrNO3. The number of ether oxygens (including phenoxy) is 2. The molecule has 1 saturated heterocycles. The van der Waals surface area contributed by atoms with Crippen molar-refractivity contribution >= 4 is 15.9 Å². The SMILES string of the molecule is COc1ccc(C2CCCN2CC(O)c2cccc(Br)c2)c(OC)c1. The minimum atomic E-state index is -0.512. The third-order valence-corrected chi connectivity index (χ3v) is 5.30. The number of benzene rings is 2. The van der Waals surface area contributed by atoms with E-state index in [9.17, 15) is 5.11 Å². The van der Waals surface area contributed by atoms with E-state index in [0.717, 1.165) is 46.5 Å². The molecule has 2 atom stereocenters. The van der Waals surface area contributed by atoms with Crippen molar-refractivity contribution < 1.29 is 14.6 Å². The summed E-state index contributed by atoms with van der Waals surface area (Å²) < 4.78 is 11.9. The molecule has 0 spiro atoms. The van der Waals surface area contributed by atoms with Crippen LogP contribution >= 0.6 is 15.9 Å². The lowest BCUT2D eigenvalue weighted by Gasteiger charge is -2.28.